The van der Waals surface area contributed by atoms with Crippen LogP contribution in [0, 0.1) is 0 Å². The van der Waals surface area contributed by atoms with E-state index in [-0.39, 0.29) is 18.7 Å². The molecule has 2 aromatic rings. The molecule has 0 bridgehead atoms. The van der Waals surface area contributed by atoms with Crippen LogP contribution in [-0.2, 0) is 6.54 Å². The lowest BCUT2D eigenvalue weighted by Crippen LogP contribution is -2.26. The quantitative estimate of drug-likeness (QED) is 0.875. The van der Waals surface area contributed by atoms with Crippen LogP contribution in [0.3, 0.4) is 0 Å². The molecule has 0 aromatic carbocycles. The van der Waals surface area contributed by atoms with Gasteiger partial charge in [0.05, 0.1) is 18.4 Å². The summed E-state index contributed by atoms with van der Waals surface area (Å²) in [5.41, 5.74) is 4.87. The maximum Gasteiger partial charge on any atom is 0.350 e. The van der Waals surface area contributed by atoms with Gasteiger partial charge in [0, 0.05) is 26.2 Å². The molecule has 0 unspecified atom stereocenters. The van der Waals surface area contributed by atoms with Crippen LogP contribution in [0.4, 0.5) is 14.6 Å². The van der Waals surface area contributed by atoms with Crippen LogP contribution in [0.5, 0.6) is 0 Å². The summed E-state index contributed by atoms with van der Waals surface area (Å²) in [6, 6.07) is 3.44. The predicted octanol–water partition coefficient (Wildman–Crippen LogP) is 0.604. The summed E-state index contributed by atoms with van der Waals surface area (Å²) in [5.74, 6) is 0.733. The van der Waals surface area contributed by atoms with Crippen molar-refractivity contribution in [2.24, 2.45) is 5.73 Å². The zero-order valence-electron chi connectivity index (χ0n) is 12.2. The van der Waals surface area contributed by atoms with Crippen LogP contribution >= 0.6 is 0 Å². The van der Waals surface area contributed by atoms with Crippen LogP contribution in [0.15, 0.2) is 41.1 Å². The summed E-state index contributed by atoms with van der Waals surface area (Å²) in [6.07, 6.45) is 0.887. The van der Waals surface area contributed by atoms with Crippen molar-refractivity contribution in [3.8, 4) is 5.69 Å². The van der Waals surface area contributed by atoms with Crippen molar-refractivity contribution in [1.82, 2.24) is 19.3 Å². The summed E-state index contributed by atoms with van der Waals surface area (Å²) in [7, 11) is 3.69. The fourth-order valence-electron chi connectivity index (χ4n) is 1.79. The normalized spacial score (nSPS) is 10.6. The Kier molecular flexibility index (Phi) is 4.66. The molecule has 0 aliphatic heterocycles. The zero-order valence-corrected chi connectivity index (χ0v) is 12.2. The molecule has 0 atom stereocenters. The minimum absolute atomic E-state index is 0.326. The Morgan fingerprint density at radius 1 is 1.36 bits per heavy atom. The molecular formula is C13H16F2N6O. The van der Waals surface area contributed by atoms with Gasteiger partial charge in [0.25, 0.3) is 6.08 Å². The third-order valence-electron chi connectivity index (χ3n) is 3.06. The summed E-state index contributed by atoms with van der Waals surface area (Å²) in [4.78, 5) is 18.2. The molecule has 22 heavy (non-hydrogen) atoms. The Bertz CT molecular complexity index is 728. The van der Waals surface area contributed by atoms with Crippen molar-refractivity contribution in [3.05, 3.63) is 46.8 Å². The van der Waals surface area contributed by atoms with E-state index in [1.54, 1.807) is 12.1 Å². The Hall–Kier alpha value is -2.55. The Morgan fingerprint density at radius 2 is 2.09 bits per heavy atom. The predicted molar refractivity (Wildman–Crippen MR) is 78.2 cm³/mol. The second kappa shape index (κ2) is 6.48. The number of nitrogens with zero attached hydrogens (tertiary/aromatic N) is 5. The van der Waals surface area contributed by atoms with E-state index in [1.807, 2.05) is 19.0 Å². The molecule has 2 N–H and O–H groups in total. The van der Waals surface area contributed by atoms with Gasteiger partial charge in [0.1, 0.15) is 12.1 Å². The van der Waals surface area contributed by atoms with E-state index in [0.29, 0.717) is 5.69 Å². The van der Waals surface area contributed by atoms with Gasteiger partial charge in [0.2, 0.25) is 0 Å². The average molecular weight is 310 g/mol. The Labute approximate surface area is 125 Å². The number of aromatic nitrogens is 4. The molecule has 0 aliphatic carbocycles. The molecule has 2 rings (SSSR count). The van der Waals surface area contributed by atoms with Crippen molar-refractivity contribution in [2.75, 3.05) is 25.5 Å². The summed E-state index contributed by atoms with van der Waals surface area (Å²) in [6.45, 7) is -0.672. The third-order valence-corrected chi connectivity index (χ3v) is 3.06. The smallest absolute Gasteiger partial charge is 0.350 e. The van der Waals surface area contributed by atoms with Crippen molar-refractivity contribution < 1.29 is 8.78 Å². The van der Waals surface area contributed by atoms with Gasteiger partial charge in [-0.1, -0.05) is 0 Å². The number of hydrogen-bond acceptors (Lipinski definition) is 5. The number of rotatable bonds is 5. The number of halogens is 2. The van der Waals surface area contributed by atoms with Crippen molar-refractivity contribution in [1.29, 1.82) is 0 Å². The van der Waals surface area contributed by atoms with Gasteiger partial charge in [-0.3, -0.25) is 0 Å². The second-order valence-corrected chi connectivity index (χ2v) is 4.78. The van der Waals surface area contributed by atoms with Crippen LogP contribution in [-0.4, -0.2) is 40.0 Å². The van der Waals surface area contributed by atoms with Crippen LogP contribution in [0.25, 0.3) is 5.69 Å². The average Bonchev–Trinajstić information content (AvgIpc) is 2.85. The number of hydrogen-bond donors (Lipinski definition) is 1. The molecule has 118 valence electrons. The van der Waals surface area contributed by atoms with E-state index in [4.69, 9.17) is 5.73 Å². The molecule has 0 radical (unpaired) electrons. The lowest BCUT2D eigenvalue weighted by molar-refractivity contribution is 0.400. The fraction of sp³-hybridized carbons (Fsp3) is 0.308. The SMILES string of the molecule is CN(C)c1ccc(-n2cnn(CC(CN)=C(F)F)c2=O)cn1. The first kappa shape index (κ1) is 15.8. The van der Waals surface area contributed by atoms with Crippen LogP contribution < -0.4 is 16.3 Å². The van der Waals surface area contributed by atoms with E-state index < -0.39 is 11.8 Å². The highest BCUT2D eigenvalue weighted by Gasteiger charge is 2.12. The molecule has 0 amide bonds. The van der Waals surface area contributed by atoms with Gasteiger partial charge >= 0.3 is 5.69 Å². The standard InChI is InChI=1S/C13H16F2N6O/c1-19(2)11-4-3-10(6-17-11)20-8-18-21(13(20)22)7-9(5-16)12(14)15/h3-4,6,8H,5,7,16H2,1-2H3. The minimum Gasteiger partial charge on any atom is -0.363 e. The van der Waals surface area contributed by atoms with Gasteiger partial charge in [-0.2, -0.15) is 13.9 Å². The molecule has 0 saturated heterocycles. The minimum atomic E-state index is -1.89. The zero-order chi connectivity index (χ0) is 16.3. The molecule has 0 spiro atoms. The van der Waals surface area contributed by atoms with Gasteiger partial charge in [-0.25, -0.2) is 19.0 Å². The molecule has 0 fully saturated rings. The monoisotopic (exact) mass is 310 g/mol. The van der Waals surface area contributed by atoms with Crippen LogP contribution in [0.2, 0.25) is 0 Å². The highest BCUT2D eigenvalue weighted by molar-refractivity contribution is 5.41. The first-order valence-electron chi connectivity index (χ1n) is 6.45. The Morgan fingerprint density at radius 3 is 2.59 bits per heavy atom. The van der Waals surface area contributed by atoms with E-state index in [2.05, 4.69) is 10.1 Å². The molecule has 9 heteroatoms. The maximum absolute atomic E-state index is 12.6. The highest BCUT2D eigenvalue weighted by atomic mass is 19.3. The molecule has 7 nitrogen and oxygen atoms in total. The number of pyridine rings is 1. The summed E-state index contributed by atoms with van der Waals surface area (Å²) < 4.78 is 27.4. The van der Waals surface area contributed by atoms with E-state index >= 15 is 0 Å². The third kappa shape index (κ3) is 3.19. The molecule has 2 heterocycles. The summed E-state index contributed by atoms with van der Waals surface area (Å²) in [5, 5.41) is 3.83. The fourth-order valence-corrected chi connectivity index (χ4v) is 1.79. The van der Waals surface area contributed by atoms with Gasteiger partial charge < -0.3 is 10.6 Å². The Balaban J connectivity index is 2.31. The van der Waals surface area contributed by atoms with Gasteiger partial charge in [0.15, 0.2) is 0 Å². The molecule has 0 aliphatic rings. The molecule has 2 aromatic heterocycles. The van der Waals surface area contributed by atoms with Gasteiger partial charge in [-0.05, 0) is 12.1 Å². The van der Waals surface area contributed by atoms with Gasteiger partial charge in [-0.15, -0.1) is 0 Å². The van der Waals surface area contributed by atoms with Crippen molar-refractivity contribution >= 4 is 5.82 Å². The highest BCUT2D eigenvalue weighted by Crippen LogP contribution is 2.11. The maximum atomic E-state index is 12.6. The van der Waals surface area contributed by atoms with E-state index in [0.717, 1.165) is 10.5 Å². The van der Waals surface area contributed by atoms with E-state index in [1.165, 1.54) is 17.1 Å². The first-order chi connectivity index (χ1) is 10.4. The topological polar surface area (TPSA) is 82.0 Å². The molecular weight excluding hydrogens is 294 g/mol. The van der Waals surface area contributed by atoms with E-state index in [9.17, 15) is 13.6 Å². The summed E-state index contributed by atoms with van der Waals surface area (Å²) >= 11 is 0. The first-order valence-corrected chi connectivity index (χ1v) is 6.45. The number of nitrogens with two attached hydrogens (primary N) is 1. The second-order valence-electron chi connectivity index (χ2n) is 4.78. The van der Waals surface area contributed by atoms with Crippen LogP contribution in [0.1, 0.15) is 0 Å². The molecule has 0 saturated carbocycles. The van der Waals surface area contributed by atoms with Crippen molar-refractivity contribution in [2.45, 2.75) is 6.54 Å². The number of anilines is 1. The lowest BCUT2D eigenvalue weighted by atomic mass is 10.3. The lowest BCUT2D eigenvalue weighted by Gasteiger charge is -2.10. The van der Waals surface area contributed by atoms with Crippen molar-refractivity contribution in [3.63, 3.8) is 0 Å². The largest absolute Gasteiger partial charge is 0.363 e.